The second-order valence-electron chi connectivity index (χ2n) is 5.11. The lowest BCUT2D eigenvalue weighted by Crippen LogP contribution is -2.38. The maximum atomic E-state index is 5.74. The summed E-state index contributed by atoms with van der Waals surface area (Å²) in [5.74, 6) is 6.84. The minimum absolute atomic E-state index is 0.200. The predicted molar refractivity (Wildman–Crippen MR) is 88.2 cm³/mol. The fourth-order valence-corrected chi connectivity index (χ4v) is 3.50. The van der Waals surface area contributed by atoms with Crippen LogP contribution in [0.15, 0.2) is 41.8 Å². The normalized spacial score (nSPS) is 12.9. The van der Waals surface area contributed by atoms with Crippen molar-refractivity contribution in [3.63, 3.8) is 0 Å². The first kappa shape index (κ1) is 14.3. The number of nitrogens with two attached hydrogens (primary N) is 1. The summed E-state index contributed by atoms with van der Waals surface area (Å²) < 4.78 is 2.27. The molecule has 3 rings (SSSR count). The van der Waals surface area contributed by atoms with Crippen LogP contribution in [-0.2, 0) is 19.4 Å². The van der Waals surface area contributed by atoms with E-state index in [1.807, 2.05) is 6.07 Å². The van der Waals surface area contributed by atoms with E-state index in [1.54, 1.807) is 11.3 Å². The number of nitrogens with one attached hydrogen (secondary N) is 1. The van der Waals surface area contributed by atoms with Gasteiger partial charge in [0, 0.05) is 23.9 Å². The fraction of sp³-hybridized carbons (Fsp3) is 0.312. The molecule has 2 heterocycles. The van der Waals surface area contributed by atoms with Crippen molar-refractivity contribution >= 4 is 22.4 Å². The molecular weight excluding hydrogens is 280 g/mol. The molecule has 0 aliphatic heterocycles. The van der Waals surface area contributed by atoms with E-state index in [2.05, 4.69) is 52.6 Å². The summed E-state index contributed by atoms with van der Waals surface area (Å²) >= 11 is 1.77. The molecule has 1 aromatic carbocycles. The van der Waals surface area contributed by atoms with E-state index in [-0.39, 0.29) is 6.04 Å². The summed E-state index contributed by atoms with van der Waals surface area (Å²) in [7, 11) is 0. The van der Waals surface area contributed by atoms with Crippen molar-refractivity contribution in [1.29, 1.82) is 0 Å². The highest BCUT2D eigenvalue weighted by Gasteiger charge is 2.15. The van der Waals surface area contributed by atoms with Crippen molar-refractivity contribution in [2.75, 3.05) is 0 Å². The average Bonchev–Trinajstić information content (AvgIpc) is 3.13. The van der Waals surface area contributed by atoms with Crippen LogP contribution in [0.4, 0.5) is 0 Å². The van der Waals surface area contributed by atoms with Crippen LogP contribution in [0.5, 0.6) is 0 Å². The van der Waals surface area contributed by atoms with Crippen molar-refractivity contribution in [3.8, 4) is 0 Å². The Balaban J connectivity index is 1.85. The van der Waals surface area contributed by atoms with Crippen LogP contribution >= 0.6 is 11.3 Å². The molecular formula is C16H20N4S. The van der Waals surface area contributed by atoms with Crippen molar-refractivity contribution < 1.29 is 0 Å². The van der Waals surface area contributed by atoms with Crippen LogP contribution in [0, 0.1) is 0 Å². The second kappa shape index (κ2) is 6.39. The summed E-state index contributed by atoms with van der Waals surface area (Å²) in [5, 5.41) is 2.10. The number of imidazole rings is 1. The number of para-hydroxylation sites is 2. The van der Waals surface area contributed by atoms with Gasteiger partial charge in [0.2, 0.25) is 0 Å². The van der Waals surface area contributed by atoms with E-state index >= 15 is 0 Å². The molecule has 0 saturated carbocycles. The standard InChI is InChI=1S/C16H20N4S/c1-2-20-15-8-4-3-7-14(15)18-16(20)11-12(19-17)10-13-6-5-9-21-13/h3-9,12,19H,2,10-11,17H2,1H3. The minimum Gasteiger partial charge on any atom is -0.328 e. The lowest BCUT2D eigenvalue weighted by molar-refractivity contribution is 0.504. The van der Waals surface area contributed by atoms with Crippen molar-refractivity contribution in [1.82, 2.24) is 15.0 Å². The summed E-state index contributed by atoms with van der Waals surface area (Å²) in [6, 6.07) is 12.7. The third-order valence-electron chi connectivity index (χ3n) is 3.74. The van der Waals surface area contributed by atoms with Gasteiger partial charge in [-0.15, -0.1) is 11.3 Å². The first-order valence-corrected chi connectivity index (χ1v) is 8.12. The number of rotatable bonds is 6. The van der Waals surface area contributed by atoms with Gasteiger partial charge >= 0.3 is 0 Å². The third-order valence-corrected chi connectivity index (χ3v) is 4.64. The number of benzene rings is 1. The Hall–Kier alpha value is -1.69. The predicted octanol–water partition coefficient (Wildman–Crippen LogP) is 2.73. The first-order chi connectivity index (χ1) is 10.3. The molecule has 1 atom stereocenters. The molecule has 0 aliphatic rings. The zero-order valence-electron chi connectivity index (χ0n) is 12.1. The molecule has 110 valence electrons. The molecule has 4 nitrogen and oxygen atoms in total. The van der Waals surface area contributed by atoms with Gasteiger partial charge in [-0.2, -0.15) is 0 Å². The average molecular weight is 300 g/mol. The zero-order chi connectivity index (χ0) is 14.7. The van der Waals surface area contributed by atoms with Gasteiger partial charge in [0.15, 0.2) is 0 Å². The molecule has 1 unspecified atom stereocenters. The van der Waals surface area contributed by atoms with Crippen molar-refractivity contribution in [2.45, 2.75) is 32.4 Å². The maximum Gasteiger partial charge on any atom is 0.111 e. The summed E-state index contributed by atoms with van der Waals surface area (Å²) in [6.07, 6.45) is 1.76. The van der Waals surface area contributed by atoms with Gasteiger partial charge in [0.1, 0.15) is 5.82 Å². The molecule has 0 spiro atoms. The van der Waals surface area contributed by atoms with E-state index < -0.39 is 0 Å². The lowest BCUT2D eigenvalue weighted by Gasteiger charge is -2.15. The topological polar surface area (TPSA) is 55.9 Å². The van der Waals surface area contributed by atoms with E-state index in [4.69, 9.17) is 10.8 Å². The highest BCUT2D eigenvalue weighted by molar-refractivity contribution is 7.09. The number of aryl methyl sites for hydroxylation is 1. The van der Waals surface area contributed by atoms with Crippen LogP contribution in [0.3, 0.4) is 0 Å². The Bertz CT molecular complexity index is 702. The molecule has 3 N–H and O–H groups in total. The molecule has 0 aliphatic carbocycles. The molecule has 0 saturated heterocycles. The highest BCUT2D eigenvalue weighted by atomic mass is 32.1. The van der Waals surface area contributed by atoms with Gasteiger partial charge in [0.05, 0.1) is 11.0 Å². The Morgan fingerprint density at radius 2 is 2.10 bits per heavy atom. The summed E-state index contributed by atoms with van der Waals surface area (Å²) in [5.41, 5.74) is 5.19. The van der Waals surface area contributed by atoms with Crippen LogP contribution < -0.4 is 11.3 Å². The van der Waals surface area contributed by atoms with Crippen LogP contribution in [0.25, 0.3) is 11.0 Å². The Labute approximate surface area is 128 Å². The van der Waals surface area contributed by atoms with Gasteiger partial charge < -0.3 is 4.57 Å². The maximum absolute atomic E-state index is 5.74. The van der Waals surface area contributed by atoms with Gasteiger partial charge in [0.25, 0.3) is 0 Å². The Morgan fingerprint density at radius 3 is 2.81 bits per heavy atom. The summed E-state index contributed by atoms with van der Waals surface area (Å²) in [6.45, 7) is 3.08. The van der Waals surface area contributed by atoms with E-state index in [0.29, 0.717) is 0 Å². The number of fused-ring (bicyclic) bond motifs is 1. The molecule has 3 aromatic rings. The third kappa shape index (κ3) is 3.00. The minimum atomic E-state index is 0.200. The number of nitrogens with zero attached hydrogens (tertiary/aromatic N) is 2. The molecule has 0 fully saturated rings. The molecule has 2 aromatic heterocycles. The van der Waals surface area contributed by atoms with E-state index in [9.17, 15) is 0 Å². The van der Waals surface area contributed by atoms with Crippen molar-refractivity contribution in [2.24, 2.45) is 5.84 Å². The van der Waals surface area contributed by atoms with E-state index in [1.165, 1.54) is 10.4 Å². The van der Waals surface area contributed by atoms with Crippen molar-refractivity contribution in [3.05, 3.63) is 52.5 Å². The number of hydrazine groups is 1. The quantitative estimate of drug-likeness (QED) is 0.543. The van der Waals surface area contributed by atoms with Gasteiger partial charge in [-0.25, -0.2) is 4.98 Å². The number of hydrogen-bond donors (Lipinski definition) is 2. The highest BCUT2D eigenvalue weighted by Crippen LogP contribution is 2.18. The monoisotopic (exact) mass is 300 g/mol. The fourth-order valence-electron chi connectivity index (χ4n) is 2.72. The molecule has 0 bridgehead atoms. The van der Waals surface area contributed by atoms with Gasteiger partial charge in [-0.05, 0) is 36.9 Å². The number of aromatic nitrogens is 2. The molecule has 0 radical (unpaired) electrons. The first-order valence-electron chi connectivity index (χ1n) is 7.24. The van der Waals surface area contributed by atoms with Gasteiger partial charge in [-0.3, -0.25) is 11.3 Å². The zero-order valence-corrected chi connectivity index (χ0v) is 12.9. The van der Waals surface area contributed by atoms with Crippen LogP contribution in [0.1, 0.15) is 17.6 Å². The Kier molecular flexibility index (Phi) is 4.34. The number of hydrogen-bond acceptors (Lipinski definition) is 4. The van der Waals surface area contributed by atoms with E-state index in [0.717, 1.165) is 30.7 Å². The second-order valence-corrected chi connectivity index (χ2v) is 6.14. The smallest absolute Gasteiger partial charge is 0.111 e. The van der Waals surface area contributed by atoms with Gasteiger partial charge in [-0.1, -0.05) is 18.2 Å². The van der Waals surface area contributed by atoms with Crippen LogP contribution in [-0.4, -0.2) is 15.6 Å². The summed E-state index contributed by atoms with van der Waals surface area (Å²) in [4.78, 5) is 6.12. The molecule has 5 heteroatoms. The largest absolute Gasteiger partial charge is 0.328 e. The number of thiophene rings is 1. The SMILES string of the molecule is CCn1c(CC(Cc2cccs2)NN)nc2ccccc21. The van der Waals surface area contributed by atoms with Crippen LogP contribution in [0.2, 0.25) is 0 Å². The molecule has 0 amide bonds. The Morgan fingerprint density at radius 1 is 1.24 bits per heavy atom. The molecule has 21 heavy (non-hydrogen) atoms. The lowest BCUT2D eigenvalue weighted by atomic mass is 10.1.